The van der Waals surface area contributed by atoms with Gasteiger partial charge in [-0.3, -0.25) is 9.78 Å². The number of aromatic nitrogens is 2. The Kier molecular flexibility index (Phi) is 5.35. The molecule has 1 amide bonds. The summed E-state index contributed by atoms with van der Waals surface area (Å²) in [5, 5.41) is 5.97. The maximum atomic E-state index is 11.7. The number of amides is 1. The van der Waals surface area contributed by atoms with Crippen molar-refractivity contribution in [2.24, 2.45) is 0 Å². The smallest absolute Gasteiger partial charge is 0.225 e. The van der Waals surface area contributed by atoms with Crippen molar-refractivity contribution in [1.29, 1.82) is 0 Å². The summed E-state index contributed by atoms with van der Waals surface area (Å²) in [6.45, 7) is 2.00. The topological polar surface area (TPSA) is 54.9 Å². The normalized spacial score (nSPS) is 10.4. The molecule has 2 aromatic rings. The largest absolute Gasteiger partial charge is 0.325 e. The number of pyridine rings is 1. The van der Waals surface area contributed by atoms with Crippen LogP contribution >= 0.6 is 23.1 Å². The van der Waals surface area contributed by atoms with Gasteiger partial charge in [0.1, 0.15) is 0 Å². The van der Waals surface area contributed by atoms with Gasteiger partial charge in [-0.25, -0.2) is 4.98 Å². The molecule has 2 aromatic heterocycles. The van der Waals surface area contributed by atoms with Gasteiger partial charge >= 0.3 is 0 Å². The van der Waals surface area contributed by atoms with Crippen molar-refractivity contribution in [3.05, 3.63) is 40.6 Å². The maximum absolute atomic E-state index is 11.7. The molecule has 0 aliphatic rings. The van der Waals surface area contributed by atoms with E-state index in [-0.39, 0.29) is 5.91 Å². The lowest BCUT2D eigenvalue weighted by molar-refractivity contribution is -0.115. The van der Waals surface area contributed by atoms with E-state index in [2.05, 4.69) is 20.7 Å². The number of carbonyl (C=O) groups excluding carboxylic acids is 1. The summed E-state index contributed by atoms with van der Waals surface area (Å²) in [7, 11) is 0. The minimum atomic E-state index is 0.0231. The van der Waals surface area contributed by atoms with E-state index in [1.165, 1.54) is 0 Å². The van der Waals surface area contributed by atoms with Crippen LogP contribution in [0.3, 0.4) is 0 Å². The predicted octanol–water partition coefficient (Wildman–Crippen LogP) is 3.11. The summed E-state index contributed by atoms with van der Waals surface area (Å²) in [5.74, 6) is 1.68. The van der Waals surface area contributed by atoms with Crippen LogP contribution in [-0.4, -0.2) is 21.6 Å². The standard InChI is InChI=1S/C13H15N3OS2/c1-10-15-12(9-19-10)8-18-6-4-13(17)16-11-3-2-5-14-7-11/h2-3,5,7,9H,4,6,8H2,1H3,(H,16,17). The van der Waals surface area contributed by atoms with Gasteiger partial charge in [-0.2, -0.15) is 11.8 Å². The molecule has 0 spiro atoms. The number of thiazole rings is 1. The van der Waals surface area contributed by atoms with Crippen LogP contribution in [0.25, 0.3) is 0 Å². The maximum Gasteiger partial charge on any atom is 0.225 e. The molecule has 4 nitrogen and oxygen atoms in total. The molecule has 19 heavy (non-hydrogen) atoms. The van der Waals surface area contributed by atoms with Crippen molar-refractivity contribution >= 4 is 34.7 Å². The van der Waals surface area contributed by atoms with Crippen LogP contribution in [0.2, 0.25) is 0 Å². The van der Waals surface area contributed by atoms with Gasteiger partial charge < -0.3 is 5.32 Å². The number of anilines is 1. The predicted molar refractivity (Wildman–Crippen MR) is 80.5 cm³/mol. The van der Waals surface area contributed by atoms with Crippen molar-refractivity contribution in [1.82, 2.24) is 9.97 Å². The molecule has 0 bridgehead atoms. The lowest BCUT2D eigenvalue weighted by Gasteiger charge is -2.03. The fourth-order valence-electron chi connectivity index (χ4n) is 1.48. The molecular weight excluding hydrogens is 278 g/mol. The van der Waals surface area contributed by atoms with E-state index in [0.29, 0.717) is 6.42 Å². The first-order chi connectivity index (χ1) is 9.24. The fourth-order valence-corrected chi connectivity index (χ4v) is 3.03. The summed E-state index contributed by atoms with van der Waals surface area (Å²) in [6, 6.07) is 3.63. The summed E-state index contributed by atoms with van der Waals surface area (Å²) < 4.78 is 0. The lowest BCUT2D eigenvalue weighted by Crippen LogP contribution is -2.12. The fraction of sp³-hybridized carbons (Fsp3) is 0.308. The van der Waals surface area contributed by atoms with Crippen LogP contribution in [0.1, 0.15) is 17.1 Å². The van der Waals surface area contributed by atoms with Crippen LogP contribution in [0.5, 0.6) is 0 Å². The van der Waals surface area contributed by atoms with Crippen LogP contribution in [-0.2, 0) is 10.5 Å². The zero-order chi connectivity index (χ0) is 13.5. The van der Waals surface area contributed by atoms with Crippen molar-refractivity contribution in [3.63, 3.8) is 0 Å². The van der Waals surface area contributed by atoms with Gasteiger partial charge in [-0.05, 0) is 19.1 Å². The Hall–Kier alpha value is -1.40. The van der Waals surface area contributed by atoms with Crippen molar-refractivity contribution < 1.29 is 4.79 Å². The second-order valence-electron chi connectivity index (χ2n) is 3.95. The summed E-state index contributed by atoms with van der Waals surface area (Å²) in [4.78, 5) is 20.0. The highest BCUT2D eigenvalue weighted by molar-refractivity contribution is 7.98. The molecule has 0 saturated carbocycles. The molecule has 0 fully saturated rings. The third-order valence-corrected chi connectivity index (χ3v) is 4.15. The van der Waals surface area contributed by atoms with E-state index in [0.717, 1.165) is 27.9 Å². The van der Waals surface area contributed by atoms with E-state index in [9.17, 15) is 4.79 Å². The highest BCUT2D eigenvalue weighted by Crippen LogP contribution is 2.16. The average molecular weight is 293 g/mol. The first-order valence-electron chi connectivity index (χ1n) is 5.92. The highest BCUT2D eigenvalue weighted by atomic mass is 32.2. The molecule has 0 aliphatic heterocycles. The van der Waals surface area contributed by atoms with Crippen molar-refractivity contribution in [2.45, 2.75) is 19.1 Å². The molecule has 2 heterocycles. The molecule has 2 rings (SSSR count). The molecule has 0 atom stereocenters. The molecule has 6 heteroatoms. The van der Waals surface area contributed by atoms with Crippen LogP contribution in [0.15, 0.2) is 29.9 Å². The van der Waals surface area contributed by atoms with Crippen LogP contribution in [0.4, 0.5) is 5.69 Å². The van der Waals surface area contributed by atoms with Gasteiger partial charge in [0.15, 0.2) is 0 Å². The molecule has 1 N–H and O–H groups in total. The number of thioether (sulfide) groups is 1. The van der Waals surface area contributed by atoms with E-state index in [1.54, 1.807) is 41.6 Å². The highest BCUT2D eigenvalue weighted by Gasteiger charge is 2.03. The first-order valence-corrected chi connectivity index (χ1v) is 7.96. The summed E-state index contributed by atoms with van der Waals surface area (Å²) in [5.41, 5.74) is 1.84. The molecule has 0 radical (unpaired) electrons. The van der Waals surface area contributed by atoms with E-state index in [4.69, 9.17) is 0 Å². The second-order valence-corrected chi connectivity index (χ2v) is 6.12. The quantitative estimate of drug-likeness (QED) is 0.831. The first kappa shape index (κ1) is 14.0. The lowest BCUT2D eigenvalue weighted by atomic mass is 10.4. The number of hydrogen-bond acceptors (Lipinski definition) is 5. The number of nitrogens with one attached hydrogen (secondary N) is 1. The molecular formula is C13H15N3OS2. The molecule has 0 unspecified atom stereocenters. The number of hydrogen-bond donors (Lipinski definition) is 1. The Balaban J connectivity index is 1.64. The van der Waals surface area contributed by atoms with Gasteiger partial charge in [-0.1, -0.05) is 0 Å². The third kappa shape index (κ3) is 5.00. The number of aryl methyl sites for hydroxylation is 1. The minimum Gasteiger partial charge on any atom is -0.325 e. The Morgan fingerprint density at radius 1 is 1.53 bits per heavy atom. The van der Waals surface area contributed by atoms with E-state index in [1.807, 2.05) is 13.0 Å². The van der Waals surface area contributed by atoms with Gasteiger partial charge in [0, 0.05) is 29.5 Å². The van der Waals surface area contributed by atoms with Crippen molar-refractivity contribution in [3.8, 4) is 0 Å². The van der Waals surface area contributed by atoms with Crippen LogP contribution in [0, 0.1) is 6.92 Å². The Labute approximate surface area is 120 Å². The monoisotopic (exact) mass is 293 g/mol. The zero-order valence-electron chi connectivity index (χ0n) is 10.6. The third-order valence-electron chi connectivity index (χ3n) is 2.34. The Morgan fingerprint density at radius 3 is 3.11 bits per heavy atom. The van der Waals surface area contributed by atoms with Crippen LogP contribution < -0.4 is 5.32 Å². The zero-order valence-corrected chi connectivity index (χ0v) is 12.3. The SMILES string of the molecule is Cc1nc(CSCCC(=O)Nc2cccnc2)cs1. The summed E-state index contributed by atoms with van der Waals surface area (Å²) >= 11 is 3.39. The molecule has 0 aromatic carbocycles. The van der Waals surface area contributed by atoms with Gasteiger partial charge in [-0.15, -0.1) is 11.3 Å². The molecule has 0 saturated heterocycles. The number of rotatable bonds is 6. The van der Waals surface area contributed by atoms with Gasteiger partial charge in [0.25, 0.3) is 0 Å². The van der Waals surface area contributed by atoms with E-state index < -0.39 is 0 Å². The number of nitrogens with zero attached hydrogens (tertiary/aromatic N) is 2. The molecule has 100 valence electrons. The Morgan fingerprint density at radius 2 is 2.42 bits per heavy atom. The van der Waals surface area contributed by atoms with E-state index >= 15 is 0 Å². The van der Waals surface area contributed by atoms with Gasteiger partial charge in [0.2, 0.25) is 5.91 Å². The second kappa shape index (κ2) is 7.25. The Bertz CT molecular complexity index is 528. The minimum absolute atomic E-state index is 0.0231. The molecule has 0 aliphatic carbocycles. The average Bonchev–Trinajstić information content (AvgIpc) is 2.82. The van der Waals surface area contributed by atoms with Crippen molar-refractivity contribution in [2.75, 3.05) is 11.1 Å². The van der Waals surface area contributed by atoms with Gasteiger partial charge in [0.05, 0.1) is 22.6 Å². The summed E-state index contributed by atoms with van der Waals surface area (Å²) in [6.07, 6.45) is 3.83. The number of carbonyl (C=O) groups is 1.